The van der Waals surface area contributed by atoms with E-state index in [2.05, 4.69) is 9.97 Å². The molecule has 2 aromatic rings. The van der Waals surface area contributed by atoms with E-state index in [1.807, 2.05) is 0 Å². The van der Waals surface area contributed by atoms with Crippen LogP contribution in [0.1, 0.15) is 18.6 Å². The van der Waals surface area contributed by atoms with Crippen molar-refractivity contribution in [3.8, 4) is 0 Å². The molecule has 0 spiro atoms. The molecule has 1 aromatic heterocycles. The molecule has 0 N–H and O–H groups in total. The van der Waals surface area contributed by atoms with E-state index in [1.165, 1.54) is 26.2 Å². The Morgan fingerprint density at radius 2 is 1.20 bits per heavy atom. The Morgan fingerprint density at radius 1 is 0.867 bits per heavy atom. The Kier molecular flexibility index (Phi) is 2.98. The highest BCUT2D eigenvalue weighted by molar-refractivity contribution is 5.81. The molecule has 2 rings (SSSR count). The molecule has 4 heteroatoms. The third-order valence-electron chi connectivity index (χ3n) is 2.26. The van der Waals surface area contributed by atoms with Gasteiger partial charge in [0.1, 0.15) is 0 Å². The largest absolute Gasteiger partial charge is 0.253 e. The summed E-state index contributed by atoms with van der Waals surface area (Å²) >= 11 is 0. The molecule has 0 bridgehead atoms. The van der Waals surface area contributed by atoms with Gasteiger partial charge < -0.3 is 0 Å². The first kappa shape index (κ1) is 11.5. The third kappa shape index (κ3) is 1.56. The quantitative estimate of drug-likeness (QED) is 0.667. The Labute approximate surface area is 87.0 Å². The lowest BCUT2D eigenvalue weighted by Gasteiger charge is -2.06. The molecule has 0 fully saturated rings. The van der Waals surface area contributed by atoms with Gasteiger partial charge in [-0.15, -0.1) is 0 Å². The maximum atomic E-state index is 13.3. The molecule has 0 aliphatic carbocycles. The first-order chi connectivity index (χ1) is 6.63. The number of hydrogen-bond acceptors (Lipinski definition) is 2. The van der Waals surface area contributed by atoms with Crippen LogP contribution in [0.5, 0.6) is 0 Å². The van der Waals surface area contributed by atoms with Gasteiger partial charge >= 0.3 is 0 Å². The van der Waals surface area contributed by atoms with Crippen LogP contribution in [0.3, 0.4) is 0 Å². The van der Waals surface area contributed by atoms with Gasteiger partial charge in [-0.1, -0.05) is 7.43 Å². The van der Waals surface area contributed by atoms with Crippen LogP contribution in [0.15, 0.2) is 12.4 Å². The van der Waals surface area contributed by atoms with E-state index in [0.29, 0.717) is 11.0 Å². The SMILES string of the molecule is C.Cc1c(F)c(F)c(C)c2nccnc12. The number of fused-ring (bicyclic) bond motifs is 1. The van der Waals surface area contributed by atoms with Gasteiger partial charge in [-0.05, 0) is 13.8 Å². The van der Waals surface area contributed by atoms with Crippen molar-refractivity contribution >= 4 is 11.0 Å². The third-order valence-corrected chi connectivity index (χ3v) is 2.26. The Morgan fingerprint density at radius 3 is 1.53 bits per heavy atom. The van der Waals surface area contributed by atoms with Crippen LogP contribution >= 0.6 is 0 Å². The number of nitrogens with zero attached hydrogens (tertiary/aromatic N) is 2. The summed E-state index contributed by atoms with van der Waals surface area (Å²) in [5.74, 6) is -1.67. The van der Waals surface area contributed by atoms with Crippen molar-refractivity contribution in [1.82, 2.24) is 9.97 Å². The molecule has 0 amide bonds. The normalized spacial score (nSPS) is 10.1. The van der Waals surface area contributed by atoms with E-state index in [0.717, 1.165) is 0 Å². The molecule has 80 valence electrons. The van der Waals surface area contributed by atoms with Crippen LogP contribution in [0, 0.1) is 25.5 Å². The Bertz CT molecular complexity index is 463. The molecule has 0 saturated carbocycles. The minimum atomic E-state index is -0.837. The minimum absolute atomic E-state index is 0. The summed E-state index contributed by atoms with van der Waals surface area (Å²) in [4.78, 5) is 7.95. The van der Waals surface area contributed by atoms with Crippen LogP contribution in [0.25, 0.3) is 11.0 Å². The number of benzene rings is 1. The fourth-order valence-corrected chi connectivity index (χ4v) is 1.42. The highest BCUT2D eigenvalue weighted by Crippen LogP contribution is 2.24. The fourth-order valence-electron chi connectivity index (χ4n) is 1.42. The number of halogens is 2. The fraction of sp³-hybridized carbons (Fsp3) is 0.273. The van der Waals surface area contributed by atoms with Gasteiger partial charge in [0.2, 0.25) is 0 Å². The van der Waals surface area contributed by atoms with Crippen molar-refractivity contribution in [1.29, 1.82) is 0 Å². The van der Waals surface area contributed by atoms with Crippen LogP contribution < -0.4 is 0 Å². The standard InChI is InChI=1S/C10H8F2N2.CH4/c1-5-7(11)8(12)6(2)10-9(5)13-3-4-14-10;/h3-4H,1-2H3;1H4. The number of aryl methyl sites for hydroxylation is 2. The summed E-state index contributed by atoms with van der Waals surface area (Å²) in [7, 11) is 0. The highest BCUT2D eigenvalue weighted by atomic mass is 19.2. The van der Waals surface area contributed by atoms with Crippen molar-refractivity contribution in [2.24, 2.45) is 0 Å². The van der Waals surface area contributed by atoms with Gasteiger partial charge in [-0.3, -0.25) is 9.97 Å². The second kappa shape index (κ2) is 3.88. The van der Waals surface area contributed by atoms with E-state index in [1.54, 1.807) is 0 Å². The second-order valence-electron chi connectivity index (χ2n) is 3.13. The molecular weight excluding hydrogens is 198 g/mol. The topological polar surface area (TPSA) is 25.8 Å². The van der Waals surface area contributed by atoms with Gasteiger partial charge in [-0.2, -0.15) is 0 Å². The highest BCUT2D eigenvalue weighted by Gasteiger charge is 2.15. The van der Waals surface area contributed by atoms with Gasteiger partial charge in [-0.25, -0.2) is 8.78 Å². The predicted molar refractivity (Wildman–Crippen MR) is 55.7 cm³/mol. The van der Waals surface area contributed by atoms with Crippen LogP contribution in [0.2, 0.25) is 0 Å². The first-order valence-corrected chi connectivity index (χ1v) is 4.17. The zero-order chi connectivity index (χ0) is 10.3. The van der Waals surface area contributed by atoms with E-state index in [4.69, 9.17) is 0 Å². The maximum Gasteiger partial charge on any atom is 0.164 e. The Hall–Kier alpha value is -1.58. The molecule has 1 aromatic carbocycles. The van der Waals surface area contributed by atoms with Crippen molar-refractivity contribution in [3.63, 3.8) is 0 Å². The van der Waals surface area contributed by atoms with E-state index in [9.17, 15) is 8.78 Å². The maximum absolute atomic E-state index is 13.3. The molecule has 15 heavy (non-hydrogen) atoms. The zero-order valence-electron chi connectivity index (χ0n) is 7.81. The lowest BCUT2D eigenvalue weighted by Crippen LogP contribution is -1.98. The average Bonchev–Trinajstić information content (AvgIpc) is 2.23. The molecule has 2 nitrogen and oxygen atoms in total. The summed E-state index contributed by atoms with van der Waals surface area (Å²) in [6.07, 6.45) is 2.93. The van der Waals surface area contributed by atoms with Gasteiger partial charge in [0.25, 0.3) is 0 Å². The summed E-state index contributed by atoms with van der Waals surface area (Å²) < 4.78 is 26.6. The van der Waals surface area contributed by atoms with Gasteiger partial charge in [0.05, 0.1) is 11.0 Å². The number of aromatic nitrogens is 2. The first-order valence-electron chi connectivity index (χ1n) is 4.17. The predicted octanol–water partition coefficient (Wildman–Crippen LogP) is 3.16. The van der Waals surface area contributed by atoms with Gasteiger partial charge in [0, 0.05) is 23.5 Å². The average molecular weight is 210 g/mol. The molecule has 1 heterocycles. The van der Waals surface area contributed by atoms with E-state index in [-0.39, 0.29) is 18.6 Å². The molecule has 0 atom stereocenters. The van der Waals surface area contributed by atoms with Crippen LogP contribution in [-0.4, -0.2) is 9.97 Å². The summed E-state index contributed by atoms with van der Waals surface area (Å²) in [6, 6.07) is 0. The van der Waals surface area contributed by atoms with E-state index < -0.39 is 11.6 Å². The van der Waals surface area contributed by atoms with Crippen LogP contribution in [-0.2, 0) is 0 Å². The molecule has 0 unspecified atom stereocenters. The lowest BCUT2D eigenvalue weighted by molar-refractivity contribution is 0.500. The molecule has 0 saturated heterocycles. The number of hydrogen-bond donors (Lipinski definition) is 0. The second-order valence-corrected chi connectivity index (χ2v) is 3.13. The molecule has 0 radical (unpaired) electrons. The summed E-state index contributed by atoms with van der Waals surface area (Å²) in [5, 5.41) is 0. The minimum Gasteiger partial charge on any atom is -0.253 e. The smallest absolute Gasteiger partial charge is 0.164 e. The Balaban J connectivity index is 0.00000112. The van der Waals surface area contributed by atoms with Crippen LogP contribution in [0.4, 0.5) is 8.78 Å². The van der Waals surface area contributed by atoms with Crippen molar-refractivity contribution in [2.45, 2.75) is 21.3 Å². The zero-order valence-corrected chi connectivity index (χ0v) is 7.81. The van der Waals surface area contributed by atoms with Crippen molar-refractivity contribution < 1.29 is 8.78 Å². The van der Waals surface area contributed by atoms with Crippen molar-refractivity contribution in [3.05, 3.63) is 35.2 Å². The van der Waals surface area contributed by atoms with E-state index >= 15 is 0 Å². The number of rotatable bonds is 0. The summed E-state index contributed by atoms with van der Waals surface area (Å²) in [6.45, 7) is 2.99. The molecule has 0 aliphatic rings. The molecular formula is C11H12F2N2. The molecule has 0 aliphatic heterocycles. The monoisotopic (exact) mass is 210 g/mol. The van der Waals surface area contributed by atoms with Gasteiger partial charge in [0.15, 0.2) is 11.6 Å². The van der Waals surface area contributed by atoms with Crippen molar-refractivity contribution in [2.75, 3.05) is 0 Å². The summed E-state index contributed by atoms with van der Waals surface area (Å²) in [5.41, 5.74) is 1.25. The lowest BCUT2D eigenvalue weighted by atomic mass is 10.1.